The molecule has 138 valence electrons. The summed E-state index contributed by atoms with van der Waals surface area (Å²) in [5, 5.41) is 3.21. The van der Waals surface area contributed by atoms with Crippen LogP contribution >= 0.6 is 0 Å². The fourth-order valence-corrected chi connectivity index (χ4v) is 4.17. The number of carbonyl (C=O) groups is 1. The number of benzene rings is 1. The summed E-state index contributed by atoms with van der Waals surface area (Å²) in [6, 6.07) is 5.53. The van der Waals surface area contributed by atoms with Gasteiger partial charge in [-0.1, -0.05) is 25.3 Å². The van der Waals surface area contributed by atoms with Crippen molar-refractivity contribution in [1.82, 2.24) is 10.2 Å². The van der Waals surface area contributed by atoms with Crippen LogP contribution in [0.5, 0.6) is 0 Å². The molecule has 1 aliphatic carbocycles. The largest absolute Gasteiger partial charge is 0.399 e. The van der Waals surface area contributed by atoms with E-state index in [0.717, 1.165) is 45.0 Å². The lowest BCUT2D eigenvalue weighted by Gasteiger charge is -2.42. The molecular formula is C20H31N3O2. The molecule has 0 bridgehead atoms. The Morgan fingerprint density at radius 2 is 1.96 bits per heavy atom. The fraction of sp³-hybridized carbons (Fsp3) is 0.650. The number of aryl methyl sites for hydroxylation is 1. The number of morpholine rings is 1. The topological polar surface area (TPSA) is 67.6 Å². The molecule has 5 nitrogen and oxygen atoms in total. The van der Waals surface area contributed by atoms with E-state index in [9.17, 15) is 4.79 Å². The molecule has 1 aromatic carbocycles. The number of nitrogen functional groups attached to an aromatic ring is 1. The summed E-state index contributed by atoms with van der Waals surface area (Å²) in [5.74, 6) is -0.00303. The monoisotopic (exact) mass is 345 g/mol. The number of carbonyl (C=O) groups excluding carboxylic acids is 1. The number of rotatable bonds is 5. The van der Waals surface area contributed by atoms with Crippen LogP contribution in [0.4, 0.5) is 5.69 Å². The summed E-state index contributed by atoms with van der Waals surface area (Å²) >= 11 is 0. The van der Waals surface area contributed by atoms with E-state index in [0.29, 0.717) is 11.3 Å². The molecule has 0 spiro atoms. The van der Waals surface area contributed by atoms with Crippen LogP contribution in [0.1, 0.15) is 48.0 Å². The normalized spacial score (nSPS) is 21.0. The van der Waals surface area contributed by atoms with Crippen molar-refractivity contribution in [2.75, 3.05) is 45.1 Å². The number of amides is 1. The molecule has 0 atom stereocenters. The smallest absolute Gasteiger partial charge is 0.251 e. The van der Waals surface area contributed by atoms with Crippen LogP contribution < -0.4 is 11.1 Å². The molecule has 1 aromatic rings. The Morgan fingerprint density at radius 3 is 2.68 bits per heavy atom. The van der Waals surface area contributed by atoms with Crippen molar-refractivity contribution in [3.8, 4) is 0 Å². The summed E-state index contributed by atoms with van der Waals surface area (Å²) in [6.45, 7) is 7.42. The van der Waals surface area contributed by atoms with Crippen molar-refractivity contribution in [1.29, 1.82) is 0 Å². The van der Waals surface area contributed by atoms with Gasteiger partial charge in [0.2, 0.25) is 0 Å². The first-order chi connectivity index (χ1) is 12.1. The van der Waals surface area contributed by atoms with Crippen LogP contribution in [0.3, 0.4) is 0 Å². The van der Waals surface area contributed by atoms with Gasteiger partial charge in [-0.05, 0) is 37.5 Å². The first-order valence-electron chi connectivity index (χ1n) is 9.52. The highest BCUT2D eigenvalue weighted by Gasteiger charge is 2.34. The minimum Gasteiger partial charge on any atom is -0.399 e. The van der Waals surface area contributed by atoms with Gasteiger partial charge in [0, 0.05) is 42.8 Å². The fourth-order valence-electron chi connectivity index (χ4n) is 4.17. The lowest BCUT2D eigenvalue weighted by Crippen LogP contribution is -2.49. The SMILES string of the molecule is Cc1ccc(N)cc1C(=O)NCC1(CN2CCOCC2)CCCCC1. The Bertz CT molecular complexity index is 591. The number of nitrogens with one attached hydrogen (secondary N) is 1. The van der Waals surface area contributed by atoms with Gasteiger partial charge in [0.15, 0.2) is 0 Å². The van der Waals surface area contributed by atoms with Crippen LogP contribution in [0.15, 0.2) is 18.2 Å². The minimum absolute atomic E-state index is 0.00303. The average molecular weight is 345 g/mol. The lowest BCUT2D eigenvalue weighted by atomic mass is 9.73. The highest BCUT2D eigenvalue weighted by molar-refractivity contribution is 5.96. The third-order valence-electron chi connectivity index (χ3n) is 5.71. The van der Waals surface area contributed by atoms with Gasteiger partial charge in [-0.2, -0.15) is 0 Å². The third kappa shape index (κ3) is 4.73. The van der Waals surface area contributed by atoms with Crippen molar-refractivity contribution in [2.24, 2.45) is 5.41 Å². The van der Waals surface area contributed by atoms with Gasteiger partial charge in [0.25, 0.3) is 5.91 Å². The van der Waals surface area contributed by atoms with Crippen molar-refractivity contribution in [2.45, 2.75) is 39.0 Å². The van der Waals surface area contributed by atoms with Gasteiger partial charge in [0.1, 0.15) is 0 Å². The molecule has 2 fully saturated rings. The summed E-state index contributed by atoms with van der Waals surface area (Å²) in [5.41, 5.74) is 8.35. The predicted molar refractivity (Wildman–Crippen MR) is 101 cm³/mol. The van der Waals surface area contributed by atoms with Crippen molar-refractivity contribution in [3.05, 3.63) is 29.3 Å². The number of hydrogen-bond donors (Lipinski definition) is 2. The maximum Gasteiger partial charge on any atom is 0.251 e. The van der Waals surface area contributed by atoms with Crippen molar-refractivity contribution >= 4 is 11.6 Å². The molecule has 3 N–H and O–H groups in total. The van der Waals surface area contributed by atoms with Gasteiger partial charge in [-0.3, -0.25) is 9.69 Å². The molecule has 0 aromatic heterocycles. The highest BCUT2D eigenvalue weighted by Crippen LogP contribution is 2.37. The first-order valence-corrected chi connectivity index (χ1v) is 9.52. The Labute approximate surface area is 150 Å². The second kappa shape index (κ2) is 8.19. The highest BCUT2D eigenvalue weighted by atomic mass is 16.5. The molecule has 5 heteroatoms. The zero-order valence-corrected chi connectivity index (χ0v) is 15.4. The van der Waals surface area contributed by atoms with Crippen LogP contribution in [0.2, 0.25) is 0 Å². The molecule has 1 aliphatic heterocycles. The molecule has 2 aliphatic rings. The molecule has 3 rings (SSSR count). The van der Waals surface area contributed by atoms with Crippen LogP contribution in [-0.2, 0) is 4.74 Å². The Kier molecular flexibility index (Phi) is 5.97. The number of anilines is 1. The summed E-state index contributed by atoms with van der Waals surface area (Å²) in [7, 11) is 0. The number of nitrogens with two attached hydrogens (primary N) is 1. The van der Waals surface area contributed by atoms with Crippen molar-refractivity contribution in [3.63, 3.8) is 0 Å². The summed E-state index contributed by atoms with van der Waals surface area (Å²) in [4.78, 5) is 15.2. The Hall–Kier alpha value is -1.59. The second-order valence-electron chi connectivity index (χ2n) is 7.71. The van der Waals surface area contributed by atoms with Gasteiger partial charge < -0.3 is 15.8 Å². The third-order valence-corrected chi connectivity index (χ3v) is 5.71. The number of hydrogen-bond acceptors (Lipinski definition) is 4. The van der Waals surface area contributed by atoms with E-state index in [2.05, 4.69) is 10.2 Å². The molecule has 25 heavy (non-hydrogen) atoms. The number of ether oxygens (including phenoxy) is 1. The van der Waals surface area contributed by atoms with Crippen LogP contribution in [0.25, 0.3) is 0 Å². The van der Waals surface area contributed by atoms with E-state index in [1.807, 2.05) is 19.1 Å². The standard InChI is InChI=1S/C20H31N3O2/c1-16-5-6-17(21)13-18(16)19(24)22-14-20(7-3-2-4-8-20)15-23-9-11-25-12-10-23/h5-6,13H,2-4,7-12,14-15,21H2,1H3,(H,22,24). The lowest BCUT2D eigenvalue weighted by molar-refractivity contribution is 0.00728. The zero-order chi connectivity index (χ0) is 17.7. The molecule has 0 radical (unpaired) electrons. The minimum atomic E-state index is -0.00303. The van der Waals surface area contributed by atoms with E-state index in [-0.39, 0.29) is 11.3 Å². The maximum absolute atomic E-state index is 12.7. The molecule has 1 saturated carbocycles. The molecule has 1 amide bonds. The second-order valence-corrected chi connectivity index (χ2v) is 7.71. The molecule has 0 unspecified atom stereocenters. The van der Waals surface area contributed by atoms with E-state index >= 15 is 0 Å². The van der Waals surface area contributed by atoms with E-state index < -0.39 is 0 Å². The Morgan fingerprint density at radius 1 is 1.24 bits per heavy atom. The predicted octanol–water partition coefficient (Wildman–Crippen LogP) is 2.59. The quantitative estimate of drug-likeness (QED) is 0.805. The average Bonchev–Trinajstić information content (AvgIpc) is 2.63. The van der Waals surface area contributed by atoms with Crippen molar-refractivity contribution < 1.29 is 9.53 Å². The Balaban J connectivity index is 1.65. The van der Waals surface area contributed by atoms with Gasteiger partial charge >= 0.3 is 0 Å². The zero-order valence-electron chi connectivity index (χ0n) is 15.4. The van der Waals surface area contributed by atoms with E-state index in [1.165, 1.54) is 32.1 Å². The molecule has 1 saturated heterocycles. The first kappa shape index (κ1) is 18.2. The van der Waals surface area contributed by atoms with Gasteiger partial charge in [0.05, 0.1) is 13.2 Å². The maximum atomic E-state index is 12.7. The molecular weight excluding hydrogens is 314 g/mol. The van der Waals surface area contributed by atoms with E-state index in [4.69, 9.17) is 10.5 Å². The summed E-state index contributed by atoms with van der Waals surface area (Å²) < 4.78 is 5.48. The van der Waals surface area contributed by atoms with Gasteiger partial charge in [-0.15, -0.1) is 0 Å². The van der Waals surface area contributed by atoms with Gasteiger partial charge in [-0.25, -0.2) is 0 Å². The van der Waals surface area contributed by atoms with E-state index in [1.54, 1.807) is 6.07 Å². The number of nitrogens with zero attached hydrogens (tertiary/aromatic N) is 1. The molecule has 1 heterocycles. The van der Waals surface area contributed by atoms with Crippen LogP contribution in [0, 0.1) is 12.3 Å². The van der Waals surface area contributed by atoms with Crippen LogP contribution in [-0.4, -0.2) is 50.2 Å². The summed E-state index contributed by atoms with van der Waals surface area (Å²) in [6.07, 6.45) is 6.23.